The van der Waals surface area contributed by atoms with Gasteiger partial charge in [0.1, 0.15) is 5.82 Å². The molecule has 0 spiro atoms. The van der Waals surface area contributed by atoms with Crippen LogP contribution in [0.1, 0.15) is 24.2 Å². The summed E-state index contributed by atoms with van der Waals surface area (Å²) in [6, 6.07) is 11.7. The first-order valence-corrected chi connectivity index (χ1v) is 6.19. The molecule has 0 aliphatic carbocycles. The summed E-state index contributed by atoms with van der Waals surface area (Å²) in [6.07, 6.45) is 0. The molecule has 18 heavy (non-hydrogen) atoms. The number of rotatable bonds is 3. The molecule has 3 nitrogen and oxygen atoms in total. The Morgan fingerprint density at radius 2 is 1.83 bits per heavy atom. The molecule has 2 aromatic rings. The van der Waals surface area contributed by atoms with E-state index in [-0.39, 0.29) is 6.04 Å². The lowest BCUT2D eigenvalue weighted by atomic mass is 10.1. The first-order valence-electron chi connectivity index (χ1n) is 5.81. The van der Waals surface area contributed by atoms with Gasteiger partial charge in [0.05, 0.1) is 11.4 Å². The molecule has 0 fully saturated rings. The van der Waals surface area contributed by atoms with Crippen molar-refractivity contribution in [3.05, 3.63) is 52.7 Å². The fraction of sp³-hybridized carbons (Fsp3) is 0.214. The Labute approximate surface area is 112 Å². The Bertz CT molecular complexity index is 537. The van der Waals surface area contributed by atoms with E-state index in [0.717, 1.165) is 22.1 Å². The highest BCUT2D eigenvalue weighted by Crippen LogP contribution is 2.21. The largest absolute Gasteiger partial charge is 0.397 e. The second-order valence-corrected chi connectivity index (χ2v) is 4.73. The highest BCUT2D eigenvalue weighted by Gasteiger charge is 2.06. The fourth-order valence-corrected chi connectivity index (χ4v) is 1.83. The summed E-state index contributed by atoms with van der Waals surface area (Å²) < 4.78 is 0. The van der Waals surface area contributed by atoms with Crippen LogP contribution in [-0.2, 0) is 0 Å². The summed E-state index contributed by atoms with van der Waals surface area (Å²) in [5.41, 5.74) is 8.45. The molecule has 0 aliphatic heterocycles. The maximum atomic E-state index is 5.87. The summed E-state index contributed by atoms with van der Waals surface area (Å²) in [7, 11) is 0. The lowest BCUT2D eigenvalue weighted by Gasteiger charge is -2.15. The minimum atomic E-state index is 0.165. The molecule has 0 saturated heterocycles. The molecule has 2 rings (SSSR count). The van der Waals surface area contributed by atoms with Gasteiger partial charge in [-0.15, -0.1) is 0 Å². The topological polar surface area (TPSA) is 50.9 Å². The number of anilines is 2. The molecule has 0 amide bonds. The van der Waals surface area contributed by atoms with E-state index >= 15 is 0 Å². The van der Waals surface area contributed by atoms with Crippen LogP contribution >= 0.6 is 11.6 Å². The third kappa shape index (κ3) is 2.93. The summed E-state index contributed by atoms with van der Waals surface area (Å²) in [5.74, 6) is 0.823. The van der Waals surface area contributed by atoms with E-state index < -0.39 is 0 Å². The molecule has 94 valence electrons. The van der Waals surface area contributed by atoms with E-state index in [0.29, 0.717) is 5.69 Å². The average molecular weight is 262 g/mol. The van der Waals surface area contributed by atoms with Crippen molar-refractivity contribution in [1.29, 1.82) is 0 Å². The van der Waals surface area contributed by atoms with Gasteiger partial charge in [-0.25, -0.2) is 4.98 Å². The lowest BCUT2D eigenvalue weighted by Crippen LogP contribution is -2.08. The number of nitrogens with zero attached hydrogens (tertiary/aromatic N) is 1. The number of halogens is 1. The molecule has 1 aromatic carbocycles. The summed E-state index contributed by atoms with van der Waals surface area (Å²) in [4.78, 5) is 4.39. The van der Waals surface area contributed by atoms with Gasteiger partial charge >= 0.3 is 0 Å². The number of aryl methyl sites for hydroxylation is 1. The number of nitrogen functional groups attached to an aromatic ring is 1. The van der Waals surface area contributed by atoms with Crippen LogP contribution in [0, 0.1) is 6.92 Å². The van der Waals surface area contributed by atoms with Gasteiger partial charge in [-0.05, 0) is 43.7 Å². The molecule has 1 aromatic heterocycles. The molecule has 0 saturated carbocycles. The maximum absolute atomic E-state index is 5.87. The van der Waals surface area contributed by atoms with Gasteiger partial charge in [0.25, 0.3) is 0 Å². The number of pyridine rings is 1. The van der Waals surface area contributed by atoms with E-state index in [1.54, 1.807) is 0 Å². The minimum absolute atomic E-state index is 0.165. The lowest BCUT2D eigenvalue weighted by molar-refractivity contribution is 0.873. The van der Waals surface area contributed by atoms with Crippen LogP contribution in [0.2, 0.25) is 5.02 Å². The number of nitrogens with one attached hydrogen (secondary N) is 1. The second kappa shape index (κ2) is 5.27. The van der Waals surface area contributed by atoms with Gasteiger partial charge in [-0.3, -0.25) is 0 Å². The van der Waals surface area contributed by atoms with Gasteiger partial charge in [-0.1, -0.05) is 23.7 Å². The third-order valence-electron chi connectivity index (χ3n) is 2.86. The number of nitrogens with two attached hydrogens (primary N) is 1. The van der Waals surface area contributed by atoms with Crippen molar-refractivity contribution < 1.29 is 0 Å². The summed E-state index contributed by atoms with van der Waals surface area (Å²) in [6.45, 7) is 3.98. The predicted octanol–water partition coefficient (Wildman–Crippen LogP) is 3.80. The van der Waals surface area contributed by atoms with Crippen LogP contribution in [0.25, 0.3) is 0 Å². The zero-order valence-electron chi connectivity index (χ0n) is 10.4. The van der Waals surface area contributed by atoms with Gasteiger partial charge in [0.2, 0.25) is 0 Å². The molecule has 0 radical (unpaired) electrons. The minimum Gasteiger partial charge on any atom is -0.397 e. The van der Waals surface area contributed by atoms with Crippen LogP contribution in [0.5, 0.6) is 0 Å². The number of hydrogen-bond donors (Lipinski definition) is 2. The molecule has 4 heteroatoms. The normalized spacial score (nSPS) is 12.2. The first kappa shape index (κ1) is 12.7. The molecule has 3 N–H and O–H groups in total. The van der Waals surface area contributed by atoms with Crippen LogP contribution < -0.4 is 11.1 Å². The van der Waals surface area contributed by atoms with Gasteiger partial charge in [-0.2, -0.15) is 0 Å². The zero-order valence-corrected chi connectivity index (χ0v) is 11.2. The highest BCUT2D eigenvalue weighted by atomic mass is 35.5. The van der Waals surface area contributed by atoms with Crippen molar-refractivity contribution in [2.45, 2.75) is 19.9 Å². The van der Waals surface area contributed by atoms with Crippen LogP contribution in [0.15, 0.2) is 36.4 Å². The SMILES string of the molecule is Cc1nc(NC(C)c2ccc(Cl)cc2)ccc1N. The van der Waals surface area contributed by atoms with E-state index in [1.165, 1.54) is 0 Å². The third-order valence-corrected chi connectivity index (χ3v) is 3.11. The van der Waals surface area contributed by atoms with Crippen molar-refractivity contribution in [2.24, 2.45) is 0 Å². The quantitative estimate of drug-likeness (QED) is 0.884. The van der Waals surface area contributed by atoms with Gasteiger partial charge < -0.3 is 11.1 Å². The van der Waals surface area contributed by atoms with Crippen molar-refractivity contribution in [1.82, 2.24) is 4.98 Å². The maximum Gasteiger partial charge on any atom is 0.126 e. The highest BCUT2D eigenvalue weighted by molar-refractivity contribution is 6.30. The monoisotopic (exact) mass is 261 g/mol. The second-order valence-electron chi connectivity index (χ2n) is 4.29. The zero-order chi connectivity index (χ0) is 13.1. The van der Waals surface area contributed by atoms with Gasteiger partial charge in [0.15, 0.2) is 0 Å². The van der Waals surface area contributed by atoms with Crippen LogP contribution in [0.3, 0.4) is 0 Å². The standard InChI is InChI=1S/C14H16ClN3/c1-9(11-3-5-12(15)6-4-11)17-14-8-7-13(16)10(2)18-14/h3-9H,16H2,1-2H3,(H,17,18). The molecular formula is C14H16ClN3. The van der Waals surface area contributed by atoms with Gasteiger partial charge in [0, 0.05) is 11.1 Å². The first-order chi connectivity index (χ1) is 8.56. The van der Waals surface area contributed by atoms with Crippen LogP contribution in [0.4, 0.5) is 11.5 Å². The molecule has 0 aliphatic rings. The van der Waals surface area contributed by atoms with Crippen molar-refractivity contribution >= 4 is 23.1 Å². The average Bonchev–Trinajstić information content (AvgIpc) is 2.34. The van der Waals surface area contributed by atoms with Crippen molar-refractivity contribution in [3.63, 3.8) is 0 Å². The summed E-state index contributed by atoms with van der Waals surface area (Å²) >= 11 is 5.87. The van der Waals surface area contributed by atoms with E-state index in [4.69, 9.17) is 17.3 Å². The molecule has 1 heterocycles. The Morgan fingerprint density at radius 1 is 1.17 bits per heavy atom. The Balaban J connectivity index is 2.13. The smallest absolute Gasteiger partial charge is 0.126 e. The fourth-order valence-electron chi connectivity index (χ4n) is 1.71. The van der Waals surface area contributed by atoms with Crippen molar-refractivity contribution in [2.75, 3.05) is 11.1 Å². The van der Waals surface area contributed by atoms with Crippen LogP contribution in [-0.4, -0.2) is 4.98 Å². The molecule has 1 unspecified atom stereocenters. The van der Waals surface area contributed by atoms with Crippen molar-refractivity contribution in [3.8, 4) is 0 Å². The van der Waals surface area contributed by atoms with E-state index in [9.17, 15) is 0 Å². The Morgan fingerprint density at radius 3 is 2.44 bits per heavy atom. The Kier molecular flexibility index (Phi) is 3.72. The number of hydrogen-bond acceptors (Lipinski definition) is 3. The Hall–Kier alpha value is -1.74. The molecule has 1 atom stereocenters. The predicted molar refractivity (Wildman–Crippen MR) is 76.9 cm³/mol. The van der Waals surface area contributed by atoms with E-state index in [2.05, 4.69) is 17.2 Å². The molecular weight excluding hydrogens is 246 g/mol. The van der Waals surface area contributed by atoms with E-state index in [1.807, 2.05) is 43.3 Å². The number of benzene rings is 1. The number of aromatic nitrogens is 1. The molecule has 0 bridgehead atoms. The summed E-state index contributed by atoms with van der Waals surface area (Å²) in [5, 5.41) is 4.08.